The van der Waals surface area contributed by atoms with Crippen molar-refractivity contribution >= 4 is 23.2 Å². The first-order valence-corrected chi connectivity index (χ1v) is 6.04. The van der Waals surface area contributed by atoms with Crippen molar-refractivity contribution in [2.75, 3.05) is 20.3 Å². The van der Waals surface area contributed by atoms with E-state index in [-0.39, 0.29) is 18.2 Å². The van der Waals surface area contributed by atoms with E-state index >= 15 is 0 Å². The smallest absolute Gasteiger partial charge is 0.493 e. The zero-order chi connectivity index (χ0) is 14.5. The molecule has 0 saturated carbocycles. The highest BCUT2D eigenvalue weighted by atomic mass is 35.5. The average Bonchev–Trinajstić information content (AvgIpc) is 2.33. The van der Waals surface area contributed by atoms with Crippen molar-refractivity contribution in [3.8, 4) is 11.5 Å². The van der Waals surface area contributed by atoms with Crippen LogP contribution in [-0.2, 0) is 10.6 Å². The van der Waals surface area contributed by atoms with Gasteiger partial charge in [-0.25, -0.2) is 0 Å². The molecule has 1 aromatic carbocycles. The first-order chi connectivity index (χ1) is 8.87. The summed E-state index contributed by atoms with van der Waals surface area (Å²) in [5.41, 5.74) is 0.526. The fraction of sp³-hybridized carbons (Fsp3) is 0.455. The van der Waals surface area contributed by atoms with Gasteiger partial charge in [-0.3, -0.25) is 4.74 Å². The van der Waals surface area contributed by atoms with Crippen LogP contribution in [0.5, 0.6) is 11.5 Å². The second-order valence-electron chi connectivity index (χ2n) is 3.37. The molecule has 0 aromatic heterocycles. The zero-order valence-corrected chi connectivity index (χ0v) is 11.4. The summed E-state index contributed by atoms with van der Waals surface area (Å²) in [6.45, 7) is -0.918. The maximum atomic E-state index is 11.8. The van der Waals surface area contributed by atoms with Crippen LogP contribution in [0.4, 0.5) is 13.2 Å². The molecule has 0 amide bonds. The van der Waals surface area contributed by atoms with Crippen LogP contribution < -0.4 is 9.47 Å². The molecular formula is C11H11Cl2F3O3. The molecule has 0 heterocycles. The van der Waals surface area contributed by atoms with Gasteiger partial charge in [0.1, 0.15) is 6.61 Å². The van der Waals surface area contributed by atoms with Crippen molar-refractivity contribution in [1.29, 1.82) is 0 Å². The summed E-state index contributed by atoms with van der Waals surface area (Å²) in [5, 5.41) is 0.395. The molecule has 1 aromatic rings. The van der Waals surface area contributed by atoms with E-state index < -0.39 is 13.0 Å². The number of methoxy groups -OCH3 is 1. The standard InChI is InChI=1S/C11H11Cl2F3O3/c1-17-9-5-8(13)4-7(6-12)10(9)18-2-3-19-11(14,15)16/h4-5H,2-3,6H2,1H3. The summed E-state index contributed by atoms with van der Waals surface area (Å²) in [4.78, 5) is 0. The number of hydrogen-bond donors (Lipinski definition) is 0. The molecular weight excluding hydrogens is 308 g/mol. The SMILES string of the molecule is COc1cc(Cl)cc(CCl)c1OCCOC(F)(F)F. The molecule has 0 aliphatic rings. The summed E-state index contributed by atoms with van der Waals surface area (Å²) in [6.07, 6.45) is -4.68. The normalized spacial score (nSPS) is 11.5. The summed E-state index contributed by atoms with van der Waals surface area (Å²) in [5.74, 6) is 0.648. The van der Waals surface area contributed by atoms with Crippen LogP contribution in [-0.4, -0.2) is 26.7 Å². The van der Waals surface area contributed by atoms with E-state index in [9.17, 15) is 13.2 Å². The van der Waals surface area contributed by atoms with E-state index in [0.717, 1.165) is 0 Å². The Balaban J connectivity index is 2.71. The molecule has 0 spiro atoms. The third-order valence-electron chi connectivity index (χ3n) is 2.06. The second kappa shape index (κ2) is 7.07. The Morgan fingerprint density at radius 3 is 2.42 bits per heavy atom. The summed E-state index contributed by atoms with van der Waals surface area (Å²) >= 11 is 11.5. The lowest BCUT2D eigenvalue weighted by atomic mass is 10.2. The molecule has 0 bridgehead atoms. The quantitative estimate of drug-likeness (QED) is 0.586. The molecule has 1 rings (SSSR count). The third kappa shape index (κ3) is 5.34. The minimum absolute atomic E-state index is 0.0897. The van der Waals surface area contributed by atoms with Gasteiger partial charge in [-0.15, -0.1) is 24.8 Å². The average molecular weight is 319 g/mol. The van der Waals surface area contributed by atoms with Gasteiger partial charge in [0, 0.05) is 16.7 Å². The Hall–Kier alpha value is -0.850. The predicted octanol–water partition coefficient (Wildman–Crippen LogP) is 4.00. The van der Waals surface area contributed by atoms with Gasteiger partial charge in [0.15, 0.2) is 11.5 Å². The molecule has 0 aliphatic carbocycles. The van der Waals surface area contributed by atoms with Crippen LogP contribution in [0.2, 0.25) is 5.02 Å². The van der Waals surface area contributed by atoms with Crippen molar-refractivity contribution in [2.24, 2.45) is 0 Å². The van der Waals surface area contributed by atoms with E-state index in [1.165, 1.54) is 13.2 Å². The molecule has 108 valence electrons. The van der Waals surface area contributed by atoms with Gasteiger partial charge >= 0.3 is 6.36 Å². The van der Waals surface area contributed by atoms with Gasteiger partial charge in [0.2, 0.25) is 0 Å². The summed E-state index contributed by atoms with van der Waals surface area (Å²) < 4.78 is 49.2. The first kappa shape index (κ1) is 16.2. The number of rotatable bonds is 6. The molecule has 0 N–H and O–H groups in total. The molecule has 3 nitrogen and oxygen atoms in total. The van der Waals surface area contributed by atoms with Crippen LogP contribution >= 0.6 is 23.2 Å². The van der Waals surface area contributed by atoms with Gasteiger partial charge in [-0.1, -0.05) is 11.6 Å². The number of halogens is 5. The molecule has 0 unspecified atom stereocenters. The lowest BCUT2D eigenvalue weighted by molar-refractivity contribution is -0.325. The van der Waals surface area contributed by atoms with Crippen molar-refractivity contribution in [3.05, 3.63) is 22.7 Å². The minimum atomic E-state index is -4.68. The largest absolute Gasteiger partial charge is 0.522 e. The Morgan fingerprint density at radius 1 is 1.21 bits per heavy atom. The molecule has 0 saturated heterocycles. The van der Waals surface area contributed by atoms with Crippen molar-refractivity contribution in [3.63, 3.8) is 0 Å². The number of benzene rings is 1. The predicted molar refractivity (Wildman–Crippen MR) is 65.1 cm³/mol. The zero-order valence-electron chi connectivity index (χ0n) is 9.89. The Labute approximate surface area is 118 Å². The monoisotopic (exact) mass is 318 g/mol. The topological polar surface area (TPSA) is 27.7 Å². The number of alkyl halides is 4. The van der Waals surface area contributed by atoms with Gasteiger partial charge in [-0.05, 0) is 6.07 Å². The Morgan fingerprint density at radius 2 is 1.89 bits per heavy atom. The molecule has 0 aliphatic heterocycles. The summed E-state index contributed by atoms with van der Waals surface area (Å²) in [7, 11) is 1.39. The second-order valence-corrected chi connectivity index (χ2v) is 4.08. The maximum Gasteiger partial charge on any atom is 0.522 e. The van der Waals surface area contributed by atoms with Crippen LogP contribution in [0.3, 0.4) is 0 Å². The number of hydrogen-bond acceptors (Lipinski definition) is 3. The lowest BCUT2D eigenvalue weighted by Gasteiger charge is -2.15. The van der Waals surface area contributed by atoms with Crippen molar-refractivity contribution in [1.82, 2.24) is 0 Å². The van der Waals surface area contributed by atoms with Crippen molar-refractivity contribution < 1.29 is 27.4 Å². The molecule has 8 heteroatoms. The van der Waals surface area contributed by atoms with Crippen molar-refractivity contribution in [2.45, 2.75) is 12.2 Å². The lowest BCUT2D eigenvalue weighted by Crippen LogP contribution is -2.18. The molecule has 0 fully saturated rings. The first-order valence-electron chi connectivity index (χ1n) is 5.13. The van der Waals surface area contributed by atoms with Gasteiger partial charge in [0.05, 0.1) is 19.6 Å². The minimum Gasteiger partial charge on any atom is -0.493 e. The number of ether oxygens (including phenoxy) is 3. The van der Waals surface area contributed by atoms with E-state index in [1.807, 2.05) is 0 Å². The van der Waals surface area contributed by atoms with E-state index in [4.69, 9.17) is 32.7 Å². The van der Waals surface area contributed by atoms with Crippen LogP contribution in [0.15, 0.2) is 12.1 Å². The fourth-order valence-electron chi connectivity index (χ4n) is 1.34. The highest BCUT2D eigenvalue weighted by Gasteiger charge is 2.28. The van der Waals surface area contributed by atoms with Crippen LogP contribution in [0.1, 0.15) is 5.56 Å². The van der Waals surface area contributed by atoms with Crippen LogP contribution in [0, 0.1) is 0 Å². The molecule has 0 radical (unpaired) electrons. The van der Waals surface area contributed by atoms with E-state index in [2.05, 4.69) is 4.74 Å². The van der Waals surface area contributed by atoms with Gasteiger partial charge in [0.25, 0.3) is 0 Å². The highest BCUT2D eigenvalue weighted by Crippen LogP contribution is 2.35. The van der Waals surface area contributed by atoms with E-state index in [1.54, 1.807) is 6.07 Å². The van der Waals surface area contributed by atoms with Gasteiger partial charge < -0.3 is 9.47 Å². The van der Waals surface area contributed by atoms with Gasteiger partial charge in [-0.2, -0.15) is 0 Å². The highest BCUT2D eigenvalue weighted by molar-refractivity contribution is 6.31. The summed E-state index contributed by atoms with van der Waals surface area (Å²) in [6, 6.07) is 3.04. The van der Waals surface area contributed by atoms with Crippen LogP contribution in [0.25, 0.3) is 0 Å². The maximum absolute atomic E-state index is 11.8. The molecule has 0 atom stereocenters. The Kier molecular flexibility index (Phi) is 6.03. The third-order valence-corrected chi connectivity index (χ3v) is 2.56. The van der Waals surface area contributed by atoms with E-state index in [0.29, 0.717) is 16.3 Å². The fourth-order valence-corrected chi connectivity index (χ4v) is 1.77. The molecule has 19 heavy (non-hydrogen) atoms. The Bertz CT molecular complexity index is 399.